The zero-order valence-electron chi connectivity index (χ0n) is 15.6. The predicted molar refractivity (Wildman–Crippen MR) is 109 cm³/mol. The predicted octanol–water partition coefficient (Wildman–Crippen LogP) is 3.78. The molecule has 1 aliphatic rings. The molecule has 138 valence electrons. The number of amides is 1. The summed E-state index contributed by atoms with van der Waals surface area (Å²) in [5, 5.41) is 1.02. The van der Waals surface area contributed by atoms with Crippen LogP contribution in [0.5, 0.6) is 0 Å². The maximum atomic E-state index is 12.6. The fraction of sp³-hybridized carbons (Fsp3) is 0.286. The molecule has 2 aromatic heterocycles. The number of hydrogen-bond donors (Lipinski definition) is 0. The van der Waals surface area contributed by atoms with Gasteiger partial charge in [0.2, 0.25) is 0 Å². The van der Waals surface area contributed by atoms with Crippen LogP contribution in [0.3, 0.4) is 0 Å². The van der Waals surface area contributed by atoms with Gasteiger partial charge in [0, 0.05) is 48.4 Å². The van der Waals surface area contributed by atoms with E-state index in [1.54, 1.807) is 11.3 Å². The number of aryl methyl sites for hydroxylation is 2. The van der Waals surface area contributed by atoms with Gasteiger partial charge in [0.25, 0.3) is 5.91 Å². The Balaban J connectivity index is 1.40. The molecule has 6 heteroatoms. The molecule has 1 amide bonds. The highest BCUT2D eigenvalue weighted by Gasteiger charge is 2.22. The third kappa shape index (κ3) is 3.71. The lowest BCUT2D eigenvalue weighted by Crippen LogP contribution is -2.49. The fourth-order valence-corrected chi connectivity index (χ4v) is 4.10. The largest absolute Gasteiger partial charge is 0.353 e. The maximum absolute atomic E-state index is 12.6. The molecule has 1 aromatic carbocycles. The van der Waals surface area contributed by atoms with Gasteiger partial charge in [0.1, 0.15) is 10.8 Å². The molecular formula is C21H22N4OS. The second kappa shape index (κ2) is 7.48. The number of carbonyl (C=O) groups excluding carboxylic acids is 1. The monoisotopic (exact) mass is 378 g/mol. The highest BCUT2D eigenvalue weighted by molar-refractivity contribution is 7.15. The number of nitrogens with zero attached hydrogens (tertiary/aromatic N) is 4. The van der Waals surface area contributed by atoms with E-state index in [1.807, 2.05) is 48.4 Å². The first-order valence-corrected chi connectivity index (χ1v) is 9.93. The third-order valence-corrected chi connectivity index (χ3v) is 6.06. The maximum Gasteiger partial charge on any atom is 0.253 e. The van der Waals surface area contributed by atoms with E-state index in [0.717, 1.165) is 40.7 Å². The minimum absolute atomic E-state index is 0.105. The van der Waals surface area contributed by atoms with Crippen LogP contribution in [-0.2, 0) is 0 Å². The summed E-state index contributed by atoms with van der Waals surface area (Å²) >= 11 is 1.70. The molecule has 3 aromatic rings. The Morgan fingerprint density at radius 1 is 1.00 bits per heavy atom. The van der Waals surface area contributed by atoms with Crippen molar-refractivity contribution >= 4 is 23.1 Å². The number of aromatic nitrogens is 2. The Morgan fingerprint density at radius 3 is 2.33 bits per heavy atom. The summed E-state index contributed by atoms with van der Waals surface area (Å²) in [6, 6.07) is 13.6. The lowest BCUT2D eigenvalue weighted by atomic mass is 10.2. The molecule has 3 heterocycles. The van der Waals surface area contributed by atoms with Gasteiger partial charge in [0.15, 0.2) is 0 Å². The molecule has 5 nitrogen and oxygen atoms in total. The molecular weight excluding hydrogens is 356 g/mol. The molecule has 0 saturated carbocycles. The van der Waals surface area contributed by atoms with Crippen molar-refractivity contribution in [2.75, 3.05) is 31.1 Å². The van der Waals surface area contributed by atoms with Crippen molar-refractivity contribution in [2.45, 2.75) is 13.8 Å². The van der Waals surface area contributed by atoms with Crippen molar-refractivity contribution in [1.29, 1.82) is 0 Å². The number of benzene rings is 1. The average molecular weight is 379 g/mol. The smallest absolute Gasteiger partial charge is 0.253 e. The molecule has 0 aliphatic carbocycles. The van der Waals surface area contributed by atoms with E-state index in [2.05, 4.69) is 33.9 Å². The summed E-state index contributed by atoms with van der Waals surface area (Å²) in [4.78, 5) is 27.2. The van der Waals surface area contributed by atoms with Gasteiger partial charge < -0.3 is 9.80 Å². The number of pyridine rings is 1. The van der Waals surface area contributed by atoms with E-state index in [4.69, 9.17) is 0 Å². The van der Waals surface area contributed by atoms with Crippen molar-refractivity contribution in [3.63, 3.8) is 0 Å². The van der Waals surface area contributed by atoms with Gasteiger partial charge >= 0.3 is 0 Å². The molecule has 0 atom stereocenters. The molecule has 0 radical (unpaired) electrons. The van der Waals surface area contributed by atoms with Crippen molar-refractivity contribution < 1.29 is 4.79 Å². The van der Waals surface area contributed by atoms with Gasteiger partial charge in [-0.2, -0.15) is 0 Å². The van der Waals surface area contributed by atoms with Gasteiger partial charge in [-0.3, -0.25) is 4.79 Å². The van der Waals surface area contributed by atoms with E-state index in [1.165, 1.54) is 4.88 Å². The SMILES string of the molecule is Cc1nc(-c2ccc(N3CCN(C(=O)c4ccccc4)CC3)nc2)sc1C. The van der Waals surface area contributed by atoms with Gasteiger partial charge in [-0.05, 0) is 38.1 Å². The Hall–Kier alpha value is -2.73. The van der Waals surface area contributed by atoms with Crippen molar-refractivity contribution in [3.05, 3.63) is 64.8 Å². The van der Waals surface area contributed by atoms with E-state index < -0.39 is 0 Å². The summed E-state index contributed by atoms with van der Waals surface area (Å²) in [6.07, 6.45) is 1.90. The van der Waals surface area contributed by atoms with Crippen LogP contribution < -0.4 is 4.90 Å². The standard InChI is InChI=1S/C21H22N4OS/c1-15-16(2)27-20(23-15)18-8-9-19(22-14-18)24-10-12-25(13-11-24)21(26)17-6-4-3-5-7-17/h3-9,14H,10-13H2,1-2H3. The van der Waals surface area contributed by atoms with E-state index >= 15 is 0 Å². The highest BCUT2D eigenvalue weighted by Crippen LogP contribution is 2.28. The molecule has 0 spiro atoms. The minimum atomic E-state index is 0.105. The quantitative estimate of drug-likeness (QED) is 0.696. The summed E-state index contributed by atoms with van der Waals surface area (Å²) in [5.41, 5.74) is 2.89. The van der Waals surface area contributed by atoms with Gasteiger partial charge in [-0.15, -0.1) is 11.3 Å². The molecule has 1 saturated heterocycles. The van der Waals surface area contributed by atoms with Crippen LogP contribution in [0, 0.1) is 13.8 Å². The van der Waals surface area contributed by atoms with Crippen molar-refractivity contribution in [3.8, 4) is 10.6 Å². The van der Waals surface area contributed by atoms with Crippen LogP contribution in [0.1, 0.15) is 20.9 Å². The first-order chi connectivity index (χ1) is 13.1. The van der Waals surface area contributed by atoms with Crippen LogP contribution in [0.15, 0.2) is 48.7 Å². The first-order valence-electron chi connectivity index (χ1n) is 9.11. The number of hydrogen-bond acceptors (Lipinski definition) is 5. The molecule has 0 unspecified atom stereocenters. The minimum Gasteiger partial charge on any atom is -0.353 e. The Labute approximate surface area is 163 Å². The molecule has 0 bridgehead atoms. The molecule has 1 fully saturated rings. The fourth-order valence-electron chi connectivity index (χ4n) is 3.20. The van der Waals surface area contributed by atoms with E-state index in [9.17, 15) is 4.79 Å². The molecule has 27 heavy (non-hydrogen) atoms. The summed E-state index contributed by atoms with van der Waals surface area (Å²) in [6.45, 7) is 7.13. The first kappa shape index (κ1) is 17.7. The number of rotatable bonds is 3. The summed E-state index contributed by atoms with van der Waals surface area (Å²) < 4.78 is 0. The lowest BCUT2D eigenvalue weighted by Gasteiger charge is -2.35. The zero-order valence-corrected chi connectivity index (χ0v) is 16.4. The second-order valence-electron chi connectivity index (χ2n) is 6.71. The lowest BCUT2D eigenvalue weighted by molar-refractivity contribution is 0.0746. The van der Waals surface area contributed by atoms with Crippen LogP contribution in [0.25, 0.3) is 10.6 Å². The van der Waals surface area contributed by atoms with Crippen LogP contribution >= 0.6 is 11.3 Å². The normalized spacial score (nSPS) is 14.4. The highest BCUT2D eigenvalue weighted by atomic mass is 32.1. The third-order valence-electron chi connectivity index (χ3n) is 4.93. The van der Waals surface area contributed by atoms with Gasteiger partial charge in [0.05, 0.1) is 5.69 Å². The number of thiazole rings is 1. The molecule has 1 aliphatic heterocycles. The topological polar surface area (TPSA) is 49.3 Å². The zero-order chi connectivity index (χ0) is 18.8. The summed E-state index contributed by atoms with van der Waals surface area (Å²) in [5.74, 6) is 1.06. The van der Waals surface area contributed by atoms with Crippen molar-refractivity contribution in [1.82, 2.24) is 14.9 Å². The number of anilines is 1. The second-order valence-corrected chi connectivity index (χ2v) is 7.91. The number of piperazine rings is 1. The molecule has 0 N–H and O–H groups in total. The van der Waals surface area contributed by atoms with Crippen LogP contribution in [-0.4, -0.2) is 47.0 Å². The van der Waals surface area contributed by atoms with Gasteiger partial charge in [-0.25, -0.2) is 9.97 Å². The van der Waals surface area contributed by atoms with Crippen LogP contribution in [0.4, 0.5) is 5.82 Å². The average Bonchev–Trinajstić information content (AvgIpc) is 3.07. The van der Waals surface area contributed by atoms with E-state index in [-0.39, 0.29) is 5.91 Å². The summed E-state index contributed by atoms with van der Waals surface area (Å²) in [7, 11) is 0. The van der Waals surface area contributed by atoms with E-state index in [0.29, 0.717) is 13.1 Å². The van der Waals surface area contributed by atoms with Gasteiger partial charge in [-0.1, -0.05) is 18.2 Å². The van der Waals surface area contributed by atoms with Crippen molar-refractivity contribution in [2.24, 2.45) is 0 Å². The Morgan fingerprint density at radius 2 is 1.74 bits per heavy atom. The Kier molecular flexibility index (Phi) is 4.90. The van der Waals surface area contributed by atoms with Crippen LogP contribution in [0.2, 0.25) is 0 Å². The molecule has 4 rings (SSSR count). The Bertz CT molecular complexity index is 909. The number of carbonyl (C=O) groups is 1.